The number of ether oxygens (including phenoxy) is 2. The number of rotatable bonds is 6. The summed E-state index contributed by atoms with van der Waals surface area (Å²) in [6.45, 7) is 13.8. The maximum Gasteiger partial charge on any atom is 0.410 e. The monoisotopic (exact) mass is 619 g/mol. The molecule has 45 heavy (non-hydrogen) atoms. The zero-order valence-corrected chi connectivity index (χ0v) is 28.4. The van der Waals surface area contributed by atoms with Gasteiger partial charge in [-0.1, -0.05) is 83.7 Å². The summed E-state index contributed by atoms with van der Waals surface area (Å²) in [7, 11) is 0. The van der Waals surface area contributed by atoms with Gasteiger partial charge >= 0.3 is 12.1 Å². The third-order valence-corrected chi connectivity index (χ3v) is 10.0. The lowest BCUT2D eigenvalue weighted by molar-refractivity contribution is -0.149. The summed E-state index contributed by atoms with van der Waals surface area (Å²) in [5, 5.41) is 0. The first-order valence-electron chi connectivity index (χ1n) is 17.5. The van der Waals surface area contributed by atoms with Crippen molar-refractivity contribution in [2.45, 2.75) is 117 Å². The Morgan fingerprint density at radius 1 is 1.00 bits per heavy atom. The van der Waals surface area contributed by atoms with Gasteiger partial charge in [0.05, 0.1) is 0 Å². The Hall–Kier alpha value is -2.93. The van der Waals surface area contributed by atoms with Crippen molar-refractivity contribution in [2.75, 3.05) is 26.2 Å². The van der Waals surface area contributed by atoms with Crippen LogP contribution in [-0.4, -0.2) is 71.3 Å². The average molecular weight is 620 g/mol. The highest BCUT2D eigenvalue weighted by atomic mass is 16.6. The average Bonchev–Trinajstić information content (AvgIpc) is 3.34. The van der Waals surface area contributed by atoms with E-state index < -0.39 is 6.10 Å². The van der Waals surface area contributed by atoms with Gasteiger partial charge in [0.1, 0.15) is 12.2 Å². The lowest BCUT2D eigenvalue weighted by atomic mass is 9.90. The molecule has 7 nitrogen and oxygen atoms in total. The fourth-order valence-electron chi connectivity index (χ4n) is 6.93. The van der Waals surface area contributed by atoms with Crippen LogP contribution in [0, 0.1) is 17.8 Å². The van der Waals surface area contributed by atoms with E-state index in [9.17, 15) is 9.59 Å². The van der Waals surface area contributed by atoms with Gasteiger partial charge in [0.2, 0.25) is 0 Å². The van der Waals surface area contributed by atoms with E-state index in [4.69, 9.17) is 9.47 Å². The summed E-state index contributed by atoms with van der Waals surface area (Å²) < 4.78 is 12.3. The molecule has 0 radical (unpaired) electrons. The van der Waals surface area contributed by atoms with E-state index in [1.165, 1.54) is 38.5 Å². The van der Waals surface area contributed by atoms with Crippen LogP contribution in [0.15, 0.2) is 60.3 Å². The number of pyridine rings is 1. The largest absolute Gasteiger partial charge is 0.457 e. The van der Waals surface area contributed by atoms with Crippen molar-refractivity contribution in [3.63, 3.8) is 0 Å². The highest BCUT2D eigenvalue weighted by Gasteiger charge is 2.30. The van der Waals surface area contributed by atoms with Crippen LogP contribution in [0.4, 0.5) is 4.79 Å². The number of nitrogens with zero attached hydrogens (tertiary/aromatic N) is 3. The molecule has 6 atom stereocenters. The van der Waals surface area contributed by atoms with Crippen LogP contribution >= 0.6 is 0 Å². The third-order valence-electron chi connectivity index (χ3n) is 10.0. The second-order valence-electron chi connectivity index (χ2n) is 13.9. The van der Waals surface area contributed by atoms with Gasteiger partial charge in [-0.3, -0.25) is 14.7 Å². The van der Waals surface area contributed by atoms with Gasteiger partial charge in [-0.15, -0.1) is 0 Å². The van der Waals surface area contributed by atoms with Gasteiger partial charge < -0.3 is 14.4 Å². The normalized spacial score (nSPS) is 30.1. The number of hydrogen-bond donors (Lipinski definition) is 0. The molecule has 2 aliphatic heterocycles. The number of hydrogen-bond acceptors (Lipinski definition) is 6. The number of aromatic nitrogens is 1. The topological polar surface area (TPSA) is 72.0 Å². The first-order chi connectivity index (χ1) is 21.7. The van der Waals surface area contributed by atoms with Crippen molar-refractivity contribution in [3.8, 4) is 0 Å². The van der Waals surface area contributed by atoms with Crippen LogP contribution in [-0.2, 0) is 14.3 Å². The van der Waals surface area contributed by atoms with Crippen molar-refractivity contribution < 1.29 is 19.1 Å². The summed E-state index contributed by atoms with van der Waals surface area (Å²) in [5.41, 5.74) is 1.99. The zero-order valence-electron chi connectivity index (χ0n) is 28.4. The maximum absolute atomic E-state index is 13.4. The van der Waals surface area contributed by atoms with Gasteiger partial charge in [0.25, 0.3) is 0 Å². The van der Waals surface area contributed by atoms with Crippen LogP contribution < -0.4 is 0 Å². The fraction of sp³-hybridized carbons (Fsp3) is 0.658. The highest BCUT2D eigenvalue weighted by Crippen LogP contribution is 2.27. The summed E-state index contributed by atoms with van der Waals surface area (Å²) >= 11 is 0. The summed E-state index contributed by atoms with van der Waals surface area (Å²) in [6.07, 6.45) is 21.2. The molecule has 3 aliphatic rings. The van der Waals surface area contributed by atoms with Crippen molar-refractivity contribution in [2.24, 2.45) is 17.8 Å². The molecule has 248 valence electrons. The molecule has 7 heteroatoms. The number of cyclic esters (lactones) is 1. The molecule has 1 aromatic rings. The molecule has 0 bridgehead atoms. The SMILES string of the molecule is C/C(=C\C=C\[C@@H](C)c1ccccn1)[C@H]1OC(=O)C[C@H](C)CC[C@H](C)[C@@H](OC(=O)N2CCN(C3CCCCCC3)CC2)/C=C/[C@@H]1C. The van der Waals surface area contributed by atoms with Gasteiger partial charge in [0, 0.05) is 62.4 Å². The van der Waals surface area contributed by atoms with E-state index in [-0.39, 0.29) is 41.8 Å². The Labute approximate surface area is 272 Å². The first kappa shape index (κ1) is 34.9. The van der Waals surface area contributed by atoms with Gasteiger partial charge in [-0.05, 0) is 68.2 Å². The molecule has 0 N–H and O–H groups in total. The lowest BCUT2D eigenvalue weighted by Gasteiger charge is -2.39. The Kier molecular flexibility index (Phi) is 13.7. The highest BCUT2D eigenvalue weighted by molar-refractivity contribution is 5.70. The van der Waals surface area contributed by atoms with E-state index in [2.05, 4.69) is 49.7 Å². The minimum atomic E-state index is -0.404. The number of allylic oxidation sites excluding steroid dienone is 3. The standard InChI is InChI=1S/C38H57N3O4/c1-28-18-19-30(3)35(44-38(43)41-25-23-40(24-26-41)33-15-8-6-7-9-16-33)21-20-32(5)37(45-36(42)27-28)31(4)14-12-13-29(2)34-17-10-11-22-39-34/h10-14,17,20-22,28-30,32-33,35,37H,6-9,15-16,18-19,23-27H2,1-5H3/b13-12+,21-20+,31-14+/t28-,29-,30+,32+,35+,37-/m1/s1. The minimum Gasteiger partial charge on any atom is -0.457 e. The molecule has 1 aromatic heterocycles. The second-order valence-corrected chi connectivity index (χ2v) is 13.9. The number of piperazine rings is 1. The fourth-order valence-corrected chi connectivity index (χ4v) is 6.93. The van der Waals surface area contributed by atoms with Gasteiger partial charge in [0.15, 0.2) is 0 Å². The summed E-state index contributed by atoms with van der Waals surface area (Å²) in [4.78, 5) is 35.3. The van der Waals surface area contributed by atoms with E-state index in [0.717, 1.165) is 50.3 Å². The van der Waals surface area contributed by atoms with Crippen LogP contribution in [0.25, 0.3) is 0 Å². The molecule has 3 heterocycles. The quantitative estimate of drug-likeness (QED) is 0.139. The molecule has 1 saturated carbocycles. The smallest absolute Gasteiger partial charge is 0.410 e. The number of esters is 1. The molecule has 0 aromatic carbocycles. The van der Waals surface area contributed by atoms with Crippen LogP contribution in [0.2, 0.25) is 0 Å². The first-order valence-corrected chi connectivity index (χ1v) is 17.5. The van der Waals surface area contributed by atoms with Crippen molar-refractivity contribution in [1.82, 2.24) is 14.8 Å². The molecule has 1 aliphatic carbocycles. The van der Waals surface area contributed by atoms with E-state index >= 15 is 0 Å². The molecule has 0 spiro atoms. The molecular formula is C38H57N3O4. The van der Waals surface area contributed by atoms with Crippen molar-refractivity contribution in [3.05, 3.63) is 66.0 Å². The van der Waals surface area contributed by atoms with E-state index in [1.807, 2.05) is 54.4 Å². The summed E-state index contributed by atoms with van der Waals surface area (Å²) in [6, 6.07) is 6.61. The Balaban J connectivity index is 1.42. The molecule has 2 fully saturated rings. The number of carbonyl (C=O) groups excluding carboxylic acids is 2. The zero-order chi connectivity index (χ0) is 32.2. The maximum atomic E-state index is 13.4. The second kappa shape index (κ2) is 17.7. The van der Waals surface area contributed by atoms with Gasteiger partial charge in [-0.25, -0.2) is 4.79 Å². The summed E-state index contributed by atoms with van der Waals surface area (Å²) in [5.74, 6) is 0.261. The number of amides is 1. The molecule has 1 amide bonds. The molecule has 0 unspecified atom stereocenters. The Morgan fingerprint density at radius 2 is 1.73 bits per heavy atom. The predicted octanol–water partition coefficient (Wildman–Crippen LogP) is 8.09. The van der Waals surface area contributed by atoms with Crippen molar-refractivity contribution >= 4 is 12.1 Å². The van der Waals surface area contributed by atoms with Crippen LogP contribution in [0.3, 0.4) is 0 Å². The molecular weight excluding hydrogens is 562 g/mol. The van der Waals surface area contributed by atoms with Gasteiger partial charge in [-0.2, -0.15) is 0 Å². The predicted molar refractivity (Wildman–Crippen MR) is 181 cm³/mol. The number of carbonyl (C=O) groups is 2. The van der Waals surface area contributed by atoms with E-state index in [1.54, 1.807) is 0 Å². The molecule has 1 saturated heterocycles. The van der Waals surface area contributed by atoms with E-state index in [0.29, 0.717) is 12.5 Å². The minimum absolute atomic E-state index is 0.0851. The third kappa shape index (κ3) is 10.8. The molecule has 4 rings (SSSR count). The van der Waals surface area contributed by atoms with Crippen molar-refractivity contribution in [1.29, 1.82) is 0 Å². The Morgan fingerprint density at radius 3 is 2.42 bits per heavy atom. The van der Waals surface area contributed by atoms with Crippen LogP contribution in [0.5, 0.6) is 0 Å². The van der Waals surface area contributed by atoms with Crippen LogP contribution in [0.1, 0.15) is 104 Å². The Bertz CT molecular complexity index is 1150. The lowest BCUT2D eigenvalue weighted by Crippen LogP contribution is -2.52.